The second-order valence-electron chi connectivity index (χ2n) is 13.8. The molecule has 0 spiro atoms. The van der Waals surface area contributed by atoms with Crippen molar-refractivity contribution < 1.29 is 38.9 Å². The number of carboxylic acid groups (broad SMARTS) is 2. The number of hydrogen-bond acceptors (Lipinski definition) is 8. The first kappa shape index (κ1) is 38.9. The monoisotopic (exact) mass is 776 g/mol. The topological polar surface area (TPSA) is 177 Å². The first-order valence-electron chi connectivity index (χ1n) is 18.7. The molecule has 0 aliphatic heterocycles. The fourth-order valence-corrected chi connectivity index (χ4v) is 7.45. The third-order valence-electron chi connectivity index (χ3n) is 10.2. The van der Waals surface area contributed by atoms with E-state index in [1.165, 1.54) is 0 Å². The zero-order valence-electron chi connectivity index (χ0n) is 31.2. The van der Waals surface area contributed by atoms with Crippen molar-refractivity contribution in [3.8, 4) is 22.3 Å². The number of pyridine rings is 2. The zero-order valence-corrected chi connectivity index (χ0v) is 31.2. The van der Waals surface area contributed by atoms with E-state index in [1.807, 2.05) is 72.8 Å². The summed E-state index contributed by atoms with van der Waals surface area (Å²) in [6.07, 6.45) is 3.50. The summed E-state index contributed by atoms with van der Waals surface area (Å²) >= 11 is 0. The number of carboxylic acids is 2. The number of fused-ring (bicyclic) bond motifs is 6. The highest BCUT2D eigenvalue weighted by atomic mass is 16.6. The van der Waals surface area contributed by atoms with Gasteiger partial charge >= 0.3 is 24.1 Å². The van der Waals surface area contributed by atoms with Crippen LogP contribution in [0.25, 0.3) is 22.3 Å². The van der Waals surface area contributed by atoms with Gasteiger partial charge < -0.3 is 30.3 Å². The molecule has 2 atom stereocenters. The highest BCUT2D eigenvalue weighted by Crippen LogP contribution is 2.45. The molecule has 0 saturated carbocycles. The van der Waals surface area contributed by atoms with Crippen LogP contribution in [0.3, 0.4) is 0 Å². The maximum Gasteiger partial charge on any atom is 0.407 e. The minimum atomic E-state index is -1.14. The normalized spacial score (nSPS) is 13.2. The smallest absolute Gasteiger partial charge is 0.407 e. The second kappa shape index (κ2) is 18.1. The molecule has 4 N–H and O–H groups in total. The highest BCUT2D eigenvalue weighted by molar-refractivity contribution is 5.82. The van der Waals surface area contributed by atoms with Crippen molar-refractivity contribution in [2.75, 3.05) is 13.2 Å². The van der Waals surface area contributed by atoms with Crippen LogP contribution in [0.4, 0.5) is 9.59 Å². The molecule has 2 heterocycles. The van der Waals surface area contributed by atoms with Gasteiger partial charge in [0.1, 0.15) is 25.3 Å². The number of aliphatic carboxylic acids is 2. The van der Waals surface area contributed by atoms with E-state index in [1.54, 1.807) is 48.9 Å². The summed E-state index contributed by atoms with van der Waals surface area (Å²) in [5.74, 6) is -2.40. The van der Waals surface area contributed by atoms with E-state index < -0.39 is 36.2 Å². The molecule has 2 unspecified atom stereocenters. The van der Waals surface area contributed by atoms with Crippen LogP contribution < -0.4 is 10.6 Å². The second-order valence-corrected chi connectivity index (χ2v) is 13.8. The van der Waals surface area contributed by atoms with Crippen molar-refractivity contribution in [3.05, 3.63) is 179 Å². The van der Waals surface area contributed by atoms with Crippen molar-refractivity contribution in [1.29, 1.82) is 0 Å². The quantitative estimate of drug-likeness (QED) is 0.0992. The molecule has 8 rings (SSSR count). The SMILES string of the molecule is O=C(NC(Cc1ccccn1)C(=O)O)OCC1c2ccccc2-c2ccccc21.O=C(NC(Cc1ccncc1)C(=O)O)OCC1c2ccccc2-c2ccccc21. The van der Waals surface area contributed by atoms with Crippen LogP contribution in [0.5, 0.6) is 0 Å². The van der Waals surface area contributed by atoms with E-state index in [9.17, 15) is 29.4 Å². The molecule has 12 heteroatoms. The Balaban J connectivity index is 0.000000177. The van der Waals surface area contributed by atoms with Gasteiger partial charge in [-0.3, -0.25) is 9.97 Å². The minimum Gasteiger partial charge on any atom is -0.480 e. The predicted octanol–water partition coefficient (Wildman–Crippen LogP) is 7.23. The highest BCUT2D eigenvalue weighted by Gasteiger charge is 2.31. The summed E-state index contributed by atoms with van der Waals surface area (Å²) < 4.78 is 10.9. The van der Waals surface area contributed by atoms with Crippen LogP contribution >= 0.6 is 0 Å². The van der Waals surface area contributed by atoms with Gasteiger partial charge in [-0.05, 0) is 74.3 Å². The van der Waals surface area contributed by atoms with Crippen LogP contribution in [0.15, 0.2) is 146 Å². The van der Waals surface area contributed by atoms with Gasteiger partial charge in [-0.2, -0.15) is 0 Å². The maximum atomic E-state index is 12.3. The average molecular weight is 777 g/mol. The lowest BCUT2D eigenvalue weighted by Crippen LogP contribution is -2.43. The first-order chi connectivity index (χ1) is 28.3. The van der Waals surface area contributed by atoms with Gasteiger partial charge in [-0.15, -0.1) is 0 Å². The fraction of sp³-hybridized carbons (Fsp3) is 0.174. The Morgan fingerprint density at radius 3 is 1.31 bits per heavy atom. The van der Waals surface area contributed by atoms with Gasteiger partial charge in [0.15, 0.2) is 0 Å². The van der Waals surface area contributed by atoms with E-state index in [2.05, 4.69) is 44.9 Å². The number of carbonyl (C=O) groups excluding carboxylic acids is 2. The first-order valence-corrected chi connectivity index (χ1v) is 18.7. The number of nitrogens with one attached hydrogen (secondary N) is 2. The van der Waals surface area contributed by atoms with Crippen LogP contribution in [-0.2, 0) is 31.9 Å². The molecule has 2 aliphatic rings. The Bertz CT molecular complexity index is 2150. The Morgan fingerprint density at radius 2 is 0.914 bits per heavy atom. The molecule has 2 aromatic heterocycles. The fourth-order valence-electron chi connectivity index (χ4n) is 7.45. The third-order valence-corrected chi connectivity index (χ3v) is 10.2. The summed E-state index contributed by atoms with van der Waals surface area (Å²) in [6.45, 7) is 0.275. The van der Waals surface area contributed by atoms with E-state index in [4.69, 9.17) is 9.47 Å². The number of rotatable bonds is 12. The molecule has 0 radical (unpaired) electrons. The van der Waals surface area contributed by atoms with Gasteiger partial charge in [-0.25, -0.2) is 19.2 Å². The number of alkyl carbamates (subject to hydrolysis) is 2. The van der Waals surface area contributed by atoms with Crippen molar-refractivity contribution in [2.45, 2.75) is 36.8 Å². The summed E-state index contributed by atoms with van der Waals surface area (Å²) in [4.78, 5) is 55.7. The molecule has 4 aromatic carbocycles. The molecular weight excluding hydrogens is 737 g/mol. The van der Waals surface area contributed by atoms with E-state index >= 15 is 0 Å². The van der Waals surface area contributed by atoms with Gasteiger partial charge in [0.2, 0.25) is 0 Å². The van der Waals surface area contributed by atoms with Gasteiger partial charge in [0, 0.05) is 49.0 Å². The van der Waals surface area contributed by atoms with Gasteiger partial charge in [0.25, 0.3) is 0 Å². The molecule has 0 bridgehead atoms. The molecule has 12 nitrogen and oxygen atoms in total. The van der Waals surface area contributed by atoms with E-state index in [0.717, 1.165) is 50.1 Å². The van der Waals surface area contributed by atoms with Crippen molar-refractivity contribution in [3.63, 3.8) is 0 Å². The van der Waals surface area contributed by atoms with Crippen LogP contribution in [0, 0.1) is 0 Å². The minimum absolute atomic E-state index is 0.0726. The van der Waals surface area contributed by atoms with Gasteiger partial charge in [-0.1, -0.05) is 103 Å². The Labute approximate surface area is 334 Å². The summed E-state index contributed by atoms with van der Waals surface area (Å²) in [6, 6.07) is 38.7. The Morgan fingerprint density at radius 1 is 0.517 bits per heavy atom. The molecular formula is C46H40N4O8. The number of benzene rings is 4. The lowest BCUT2D eigenvalue weighted by Gasteiger charge is -2.17. The zero-order chi connectivity index (χ0) is 40.4. The molecule has 0 fully saturated rings. The van der Waals surface area contributed by atoms with Crippen LogP contribution in [0.1, 0.15) is 45.3 Å². The molecule has 0 saturated heterocycles. The third kappa shape index (κ3) is 9.03. The van der Waals surface area contributed by atoms with Crippen LogP contribution in [0.2, 0.25) is 0 Å². The summed E-state index contributed by atoms with van der Waals surface area (Å²) in [5.41, 5.74) is 10.3. The van der Waals surface area contributed by atoms with Crippen molar-refractivity contribution >= 4 is 24.1 Å². The van der Waals surface area contributed by atoms with Crippen molar-refractivity contribution in [2.24, 2.45) is 0 Å². The molecule has 6 aromatic rings. The van der Waals surface area contributed by atoms with E-state index in [-0.39, 0.29) is 37.9 Å². The summed E-state index contributed by atoms with van der Waals surface area (Å²) in [7, 11) is 0. The van der Waals surface area contributed by atoms with Crippen molar-refractivity contribution in [1.82, 2.24) is 20.6 Å². The van der Waals surface area contributed by atoms with E-state index in [0.29, 0.717) is 5.69 Å². The molecule has 58 heavy (non-hydrogen) atoms. The Hall–Kier alpha value is -7.34. The Kier molecular flexibility index (Phi) is 12.1. The molecule has 2 aliphatic carbocycles. The maximum absolute atomic E-state index is 12.3. The summed E-state index contributed by atoms with van der Waals surface area (Å²) in [5, 5.41) is 23.8. The standard InChI is InChI=1S/2C23H20N2O4/c26-22(27)21(13-15-7-5-6-12-24-15)25-23(28)29-14-20-18-10-3-1-8-16(18)17-9-2-4-11-19(17)20;26-22(27)21(13-15-9-11-24-12-10-15)25-23(28)29-14-20-18-7-3-1-5-16(18)17-6-2-4-8-19(17)20/h2*1-12,20-21H,13-14H2,(H,25,28)(H,26,27). The lowest BCUT2D eigenvalue weighted by atomic mass is 9.98. The predicted molar refractivity (Wildman–Crippen MR) is 215 cm³/mol. The number of hydrogen-bond donors (Lipinski definition) is 4. The number of ether oxygens (including phenoxy) is 2. The van der Waals surface area contributed by atoms with Gasteiger partial charge in [0.05, 0.1) is 0 Å². The number of aromatic nitrogens is 2. The average Bonchev–Trinajstić information content (AvgIpc) is 3.75. The largest absolute Gasteiger partial charge is 0.480 e. The van der Waals surface area contributed by atoms with Crippen LogP contribution in [-0.4, -0.2) is 69.6 Å². The number of nitrogens with zero attached hydrogens (tertiary/aromatic N) is 2. The molecule has 292 valence electrons. The number of amides is 2. The number of carbonyl (C=O) groups is 4. The molecule has 2 amide bonds. The lowest BCUT2D eigenvalue weighted by molar-refractivity contribution is -0.140.